The van der Waals surface area contributed by atoms with Gasteiger partial charge in [-0.05, 0) is 74.2 Å². The number of rotatable bonds is 8. The van der Waals surface area contributed by atoms with Crippen LogP contribution in [0.25, 0.3) is 11.3 Å². The van der Waals surface area contributed by atoms with Gasteiger partial charge in [-0.25, -0.2) is 4.79 Å². The third-order valence-electron chi connectivity index (χ3n) is 7.86. The molecule has 3 aromatic carbocycles. The van der Waals surface area contributed by atoms with Gasteiger partial charge in [-0.15, -0.1) is 0 Å². The molecule has 41 heavy (non-hydrogen) atoms. The lowest BCUT2D eigenvalue weighted by Gasteiger charge is -2.40. The van der Waals surface area contributed by atoms with E-state index in [1.165, 1.54) is 0 Å². The summed E-state index contributed by atoms with van der Waals surface area (Å²) in [5.41, 5.74) is 2.73. The van der Waals surface area contributed by atoms with Crippen molar-refractivity contribution in [2.24, 2.45) is 0 Å². The molecule has 10 heteroatoms. The Kier molecular flexibility index (Phi) is 7.64. The molecular formula is C31H27Cl3N2O5. The summed E-state index contributed by atoms with van der Waals surface area (Å²) in [6.07, 6.45) is 3.01. The van der Waals surface area contributed by atoms with E-state index in [1.54, 1.807) is 48.5 Å². The molecule has 2 aliphatic rings. The van der Waals surface area contributed by atoms with Crippen molar-refractivity contribution in [1.82, 2.24) is 5.16 Å². The molecule has 7 nitrogen and oxygen atoms in total. The lowest BCUT2D eigenvalue weighted by molar-refractivity contribution is 0.0118. The number of nitrogens with zero attached hydrogens (tertiary/aromatic N) is 2. The zero-order chi connectivity index (χ0) is 28.7. The molecule has 1 aliphatic carbocycles. The van der Waals surface area contributed by atoms with E-state index in [2.05, 4.69) is 10.1 Å². The zero-order valence-corrected chi connectivity index (χ0v) is 24.2. The minimum absolute atomic E-state index is 0.196. The number of aromatic nitrogens is 1. The first-order valence-electron chi connectivity index (χ1n) is 13.4. The summed E-state index contributed by atoms with van der Waals surface area (Å²) in [4.78, 5) is 13.3. The SMILES string of the molecule is O=C(O)c1ccc(N2CCC(O)(c3ccc(OCc4c(-c5c(Cl)cccc5Cl)noc4C4CC4)cc3Cl)CC2)cc1. The van der Waals surface area contributed by atoms with E-state index in [9.17, 15) is 9.90 Å². The van der Waals surface area contributed by atoms with Crippen LogP contribution in [-0.2, 0) is 12.2 Å². The van der Waals surface area contributed by atoms with Gasteiger partial charge >= 0.3 is 5.97 Å². The molecule has 0 radical (unpaired) electrons. The molecule has 1 saturated heterocycles. The second-order valence-corrected chi connectivity index (χ2v) is 11.8. The van der Waals surface area contributed by atoms with Crippen LogP contribution in [0.2, 0.25) is 15.1 Å². The summed E-state index contributed by atoms with van der Waals surface area (Å²) in [5.74, 6) is 0.689. The molecule has 6 rings (SSSR count). The lowest BCUT2D eigenvalue weighted by Crippen LogP contribution is -2.42. The molecule has 1 saturated carbocycles. The predicted molar refractivity (Wildman–Crippen MR) is 158 cm³/mol. The fraction of sp³-hybridized carbons (Fsp3) is 0.290. The van der Waals surface area contributed by atoms with E-state index in [0.717, 1.165) is 29.9 Å². The first kappa shape index (κ1) is 27.9. The summed E-state index contributed by atoms with van der Waals surface area (Å²) >= 11 is 19.6. The Hall–Kier alpha value is -3.23. The quantitative estimate of drug-likeness (QED) is 0.208. The van der Waals surface area contributed by atoms with Crippen molar-refractivity contribution < 1.29 is 24.3 Å². The Morgan fingerprint density at radius 1 is 1.00 bits per heavy atom. The smallest absolute Gasteiger partial charge is 0.335 e. The second-order valence-electron chi connectivity index (χ2n) is 10.5. The number of benzene rings is 3. The van der Waals surface area contributed by atoms with Crippen molar-refractivity contribution in [3.63, 3.8) is 0 Å². The van der Waals surface area contributed by atoms with Gasteiger partial charge in [0, 0.05) is 35.8 Å². The summed E-state index contributed by atoms with van der Waals surface area (Å²) in [7, 11) is 0. The molecular weight excluding hydrogens is 587 g/mol. The number of aliphatic hydroxyl groups is 1. The van der Waals surface area contributed by atoms with Crippen molar-refractivity contribution in [1.29, 1.82) is 0 Å². The number of carboxylic acids is 1. The maximum atomic E-state index is 11.5. The highest BCUT2D eigenvalue weighted by molar-refractivity contribution is 6.39. The third-order valence-corrected chi connectivity index (χ3v) is 8.80. The molecule has 0 amide bonds. The van der Waals surface area contributed by atoms with Crippen molar-refractivity contribution in [2.45, 2.75) is 43.8 Å². The first-order valence-corrected chi connectivity index (χ1v) is 14.5. The number of aromatic carboxylic acids is 1. The molecule has 2 N–H and O–H groups in total. The fourth-order valence-electron chi connectivity index (χ4n) is 5.39. The van der Waals surface area contributed by atoms with Gasteiger partial charge in [0.2, 0.25) is 0 Å². The number of ether oxygens (including phenoxy) is 1. The van der Waals surface area contributed by atoms with Crippen LogP contribution < -0.4 is 9.64 Å². The van der Waals surface area contributed by atoms with Crippen LogP contribution in [0.1, 0.15) is 58.8 Å². The van der Waals surface area contributed by atoms with Crippen LogP contribution >= 0.6 is 34.8 Å². The standard InChI is InChI=1S/C31H27Cl3N2O5/c32-24-2-1-3-25(33)27(24)28-22(29(41-35-28)18-4-5-18)17-40-21-10-11-23(26(34)16-21)31(39)12-14-36(15-13-31)20-8-6-19(7-9-20)30(37)38/h1-3,6-11,16,18,39H,4-5,12-15,17H2,(H,37,38). The molecule has 0 bridgehead atoms. The zero-order valence-electron chi connectivity index (χ0n) is 21.9. The predicted octanol–water partition coefficient (Wildman–Crippen LogP) is 7.94. The maximum Gasteiger partial charge on any atom is 0.335 e. The van der Waals surface area contributed by atoms with Crippen molar-refractivity contribution >= 4 is 46.5 Å². The summed E-state index contributed by atoms with van der Waals surface area (Å²) < 4.78 is 11.9. The Morgan fingerprint density at radius 3 is 2.29 bits per heavy atom. The van der Waals surface area contributed by atoms with E-state index in [-0.39, 0.29) is 12.2 Å². The number of anilines is 1. The number of carboxylic acid groups (broad SMARTS) is 1. The minimum Gasteiger partial charge on any atom is -0.489 e. The highest BCUT2D eigenvalue weighted by Crippen LogP contribution is 2.46. The molecule has 2 heterocycles. The monoisotopic (exact) mass is 612 g/mol. The lowest BCUT2D eigenvalue weighted by atomic mass is 9.84. The van der Waals surface area contributed by atoms with Gasteiger partial charge in [0.25, 0.3) is 0 Å². The average molecular weight is 614 g/mol. The number of hydrogen-bond donors (Lipinski definition) is 2. The summed E-state index contributed by atoms with van der Waals surface area (Å²) in [6.45, 7) is 1.40. The molecule has 0 atom stereocenters. The van der Waals surface area contributed by atoms with Crippen LogP contribution in [0.15, 0.2) is 65.2 Å². The largest absolute Gasteiger partial charge is 0.489 e. The van der Waals surface area contributed by atoms with Crippen LogP contribution in [0.5, 0.6) is 5.75 Å². The van der Waals surface area contributed by atoms with Gasteiger partial charge in [0.05, 0.1) is 31.8 Å². The average Bonchev–Trinajstić information content (AvgIpc) is 3.72. The van der Waals surface area contributed by atoms with Crippen LogP contribution in [0.4, 0.5) is 5.69 Å². The van der Waals surface area contributed by atoms with Crippen LogP contribution in [-0.4, -0.2) is 34.4 Å². The van der Waals surface area contributed by atoms with Gasteiger partial charge in [0.15, 0.2) is 0 Å². The van der Waals surface area contributed by atoms with Crippen molar-refractivity contribution in [3.8, 4) is 17.0 Å². The van der Waals surface area contributed by atoms with E-state index in [0.29, 0.717) is 69.5 Å². The molecule has 0 unspecified atom stereocenters. The second kappa shape index (κ2) is 11.2. The highest BCUT2D eigenvalue weighted by atomic mass is 35.5. The molecule has 0 spiro atoms. The van der Waals surface area contributed by atoms with Crippen molar-refractivity contribution in [2.75, 3.05) is 18.0 Å². The number of hydrogen-bond acceptors (Lipinski definition) is 6. The number of piperidine rings is 1. The molecule has 212 valence electrons. The van der Waals surface area contributed by atoms with E-state index < -0.39 is 11.6 Å². The number of halogens is 3. The van der Waals surface area contributed by atoms with E-state index in [1.807, 2.05) is 12.1 Å². The van der Waals surface area contributed by atoms with Crippen LogP contribution in [0.3, 0.4) is 0 Å². The molecule has 1 aliphatic heterocycles. The first-order chi connectivity index (χ1) is 19.7. The molecule has 4 aromatic rings. The topological polar surface area (TPSA) is 96.0 Å². The summed E-state index contributed by atoms with van der Waals surface area (Å²) in [6, 6.07) is 17.4. The Balaban J connectivity index is 1.16. The summed E-state index contributed by atoms with van der Waals surface area (Å²) in [5, 5.41) is 26.4. The van der Waals surface area contributed by atoms with Gasteiger partial charge in [0.1, 0.15) is 23.8 Å². The Morgan fingerprint density at radius 2 is 1.68 bits per heavy atom. The third kappa shape index (κ3) is 5.64. The molecule has 2 fully saturated rings. The minimum atomic E-state index is -1.09. The molecule has 1 aromatic heterocycles. The number of carbonyl (C=O) groups is 1. The fourth-order valence-corrected chi connectivity index (χ4v) is 6.31. The van der Waals surface area contributed by atoms with Crippen molar-refractivity contribution in [3.05, 3.63) is 98.2 Å². The Bertz CT molecular complexity index is 1570. The Labute approximate surface area is 252 Å². The normalized spacial score (nSPS) is 16.5. The van der Waals surface area contributed by atoms with Gasteiger partial charge in [-0.2, -0.15) is 0 Å². The van der Waals surface area contributed by atoms with Crippen LogP contribution in [0, 0.1) is 0 Å². The van der Waals surface area contributed by atoms with E-state index in [4.69, 9.17) is 49.2 Å². The van der Waals surface area contributed by atoms with Gasteiger partial charge in [-0.1, -0.05) is 52.1 Å². The van der Waals surface area contributed by atoms with Gasteiger partial charge in [-0.3, -0.25) is 0 Å². The van der Waals surface area contributed by atoms with E-state index >= 15 is 0 Å². The maximum absolute atomic E-state index is 11.5. The van der Waals surface area contributed by atoms with Gasteiger partial charge < -0.3 is 24.4 Å². The highest BCUT2D eigenvalue weighted by Gasteiger charge is 2.36.